The van der Waals surface area contributed by atoms with E-state index in [0.29, 0.717) is 43.4 Å². The number of hydrogen-bond acceptors (Lipinski definition) is 4. The maximum atomic E-state index is 13.2. The number of aromatic nitrogens is 2. The molecule has 27 heavy (non-hydrogen) atoms. The lowest BCUT2D eigenvalue weighted by molar-refractivity contribution is -0.121. The van der Waals surface area contributed by atoms with E-state index >= 15 is 0 Å². The molecule has 6 nitrogen and oxygen atoms in total. The van der Waals surface area contributed by atoms with E-state index in [4.69, 9.17) is 9.47 Å². The average molecular weight is 371 g/mol. The van der Waals surface area contributed by atoms with Crippen molar-refractivity contribution in [2.24, 2.45) is 0 Å². The maximum Gasteiger partial charge on any atom is 0.220 e. The monoisotopic (exact) mass is 371 g/mol. The van der Waals surface area contributed by atoms with E-state index in [1.54, 1.807) is 13.2 Å². The van der Waals surface area contributed by atoms with Crippen molar-refractivity contribution in [3.8, 4) is 11.5 Å². The zero-order valence-electron chi connectivity index (χ0n) is 15.1. The van der Waals surface area contributed by atoms with Gasteiger partial charge < -0.3 is 19.8 Å². The van der Waals surface area contributed by atoms with E-state index in [-0.39, 0.29) is 11.7 Å². The van der Waals surface area contributed by atoms with E-state index in [1.165, 1.54) is 12.1 Å². The van der Waals surface area contributed by atoms with Gasteiger partial charge >= 0.3 is 0 Å². The Labute approximate surface area is 156 Å². The van der Waals surface area contributed by atoms with Crippen LogP contribution in [0.2, 0.25) is 0 Å². The highest BCUT2D eigenvalue weighted by atomic mass is 19.1. The molecule has 0 unspecified atom stereocenters. The molecule has 0 atom stereocenters. The number of nitrogens with one attached hydrogen (secondary N) is 2. The second kappa shape index (κ2) is 9.02. The van der Waals surface area contributed by atoms with Gasteiger partial charge in [-0.2, -0.15) is 0 Å². The Balaban J connectivity index is 1.33. The number of halogens is 1. The Morgan fingerprint density at radius 2 is 1.96 bits per heavy atom. The van der Waals surface area contributed by atoms with Crippen molar-refractivity contribution in [1.82, 2.24) is 15.3 Å². The minimum atomic E-state index is -0.303. The summed E-state index contributed by atoms with van der Waals surface area (Å²) in [6.45, 7) is 0.940. The SMILES string of the molecule is COc1ccc(OCCCC(=O)NCCc2nc3ccc(F)cc3[nH]2)cc1. The molecule has 7 heteroatoms. The summed E-state index contributed by atoms with van der Waals surface area (Å²) in [6, 6.07) is 11.7. The highest BCUT2D eigenvalue weighted by molar-refractivity contribution is 5.76. The fourth-order valence-electron chi connectivity index (χ4n) is 2.66. The molecular weight excluding hydrogens is 349 g/mol. The van der Waals surface area contributed by atoms with Crippen LogP contribution >= 0.6 is 0 Å². The topological polar surface area (TPSA) is 76.2 Å². The minimum absolute atomic E-state index is 0.0320. The molecule has 0 aliphatic heterocycles. The third-order valence-electron chi connectivity index (χ3n) is 4.05. The maximum absolute atomic E-state index is 13.2. The Morgan fingerprint density at radius 1 is 1.19 bits per heavy atom. The standard InChI is InChI=1S/C20H22FN3O3/c1-26-15-5-7-16(8-6-15)27-12-2-3-20(25)22-11-10-19-23-17-9-4-14(21)13-18(17)24-19/h4-9,13H,2-3,10-12H2,1H3,(H,22,25)(H,23,24). The van der Waals surface area contributed by atoms with Crippen LogP contribution in [0.4, 0.5) is 4.39 Å². The largest absolute Gasteiger partial charge is 0.497 e. The van der Waals surface area contributed by atoms with Gasteiger partial charge in [0.15, 0.2) is 0 Å². The van der Waals surface area contributed by atoms with Gasteiger partial charge in [0.1, 0.15) is 23.1 Å². The number of imidazole rings is 1. The second-order valence-corrected chi connectivity index (χ2v) is 6.07. The van der Waals surface area contributed by atoms with E-state index < -0.39 is 0 Å². The molecule has 142 valence electrons. The lowest BCUT2D eigenvalue weighted by atomic mass is 10.3. The molecule has 3 aromatic rings. The van der Waals surface area contributed by atoms with Crippen LogP contribution in [0, 0.1) is 5.82 Å². The molecular formula is C20H22FN3O3. The van der Waals surface area contributed by atoms with Crippen LogP contribution in [0.15, 0.2) is 42.5 Å². The highest BCUT2D eigenvalue weighted by Gasteiger charge is 2.06. The zero-order chi connectivity index (χ0) is 19.1. The van der Waals surface area contributed by atoms with Crippen molar-refractivity contribution in [3.05, 3.63) is 54.1 Å². The molecule has 0 bridgehead atoms. The molecule has 1 heterocycles. The summed E-state index contributed by atoms with van der Waals surface area (Å²) < 4.78 is 23.9. The summed E-state index contributed by atoms with van der Waals surface area (Å²) in [5.74, 6) is 1.91. The Hall–Kier alpha value is -3.09. The van der Waals surface area contributed by atoms with Crippen LogP contribution in [0.5, 0.6) is 11.5 Å². The van der Waals surface area contributed by atoms with Crippen LogP contribution in [-0.4, -0.2) is 36.1 Å². The van der Waals surface area contributed by atoms with Crippen LogP contribution < -0.4 is 14.8 Å². The molecule has 3 rings (SSSR count). The number of hydrogen-bond donors (Lipinski definition) is 2. The van der Waals surface area contributed by atoms with Gasteiger partial charge in [-0.3, -0.25) is 4.79 Å². The summed E-state index contributed by atoms with van der Waals surface area (Å²) in [5, 5.41) is 2.86. The first-order valence-electron chi connectivity index (χ1n) is 8.82. The number of fused-ring (bicyclic) bond motifs is 1. The summed E-state index contributed by atoms with van der Waals surface area (Å²) in [4.78, 5) is 19.3. The first-order chi connectivity index (χ1) is 13.1. The van der Waals surface area contributed by atoms with Gasteiger partial charge in [0.05, 0.1) is 24.8 Å². The van der Waals surface area contributed by atoms with Crippen LogP contribution in [-0.2, 0) is 11.2 Å². The molecule has 0 aliphatic rings. The molecule has 1 amide bonds. The molecule has 0 saturated heterocycles. The number of amides is 1. The van der Waals surface area contributed by atoms with Crippen molar-refractivity contribution in [3.63, 3.8) is 0 Å². The number of carbonyl (C=O) groups is 1. The second-order valence-electron chi connectivity index (χ2n) is 6.07. The van der Waals surface area contributed by atoms with Gasteiger partial charge in [0.2, 0.25) is 5.91 Å². The van der Waals surface area contributed by atoms with Crippen molar-refractivity contribution in [2.45, 2.75) is 19.3 Å². The molecule has 0 radical (unpaired) electrons. The van der Waals surface area contributed by atoms with Gasteiger partial charge in [0, 0.05) is 19.4 Å². The molecule has 2 aromatic carbocycles. The molecule has 0 saturated carbocycles. The highest BCUT2D eigenvalue weighted by Crippen LogP contribution is 2.17. The number of nitrogens with zero attached hydrogens (tertiary/aromatic N) is 1. The first-order valence-corrected chi connectivity index (χ1v) is 8.82. The van der Waals surface area contributed by atoms with Gasteiger partial charge in [-0.15, -0.1) is 0 Å². The normalized spacial score (nSPS) is 10.7. The fraction of sp³-hybridized carbons (Fsp3) is 0.300. The molecule has 0 aliphatic carbocycles. The van der Waals surface area contributed by atoms with Crippen LogP contribution in [0.25, 0.3) is 11.0 Å². The number of H-pyrrole nitrogens is 1. The average Bonchev–Trinajstić information content (AvgIpc) is 3.07. The van der Waals surface area contributed by atoms with Gasteiger partial charge in [-0.25, -0.2) is 9.37 Å². The first kappa shape index (κ1) is 18.7. The van der Waals surface area contributed by atoms with Gasteiger partial charge in [-0.05, 0) is 48.9 Å². The summed E-state index contributed by atoms with van der Waals surface area (Å²) >= 11 is 0. The predicted octanol–water partition coefficient (Wildman–Crippen LogP) is 3.23. The third-order valence-corrected chi connectivity index (χ3v) is 4.05. The van der Waals surface area contributed by atoms with E-state index in [2.05, 4.69) is 15.3 Å². The minimum Gasteiger partial charge on any atom is -0.497 e. The summed E-state index contributed by atoms with van der Waals surface area (Å²) in [7, 11) is 1.61. The van der Waals surface area contributed by atoms with E-state index in [0.717, 1.165) is 17.3 Å². The third kappa shape index (κ3) is 5.44. The van der Waals surface area contributed by atoms with Crippen molar-refractivity contribution in [1.29, 1.82) is 0 Å². The number of methoxy groups -OCH3 is 1. The van der Waals surface area contributed by atoms with Crippen molar-refractivity contribution < 1.29 is 18.7 Å². The van der Waals surface area contributed by atoms with E-state index in [9.17, 15) is 9.18 Å². The quantitative estimate of drug-likeness (QED) is 0.566. The number of aromatic amines is 1. The number of rotatable bonds is 9. The number of ether oxygens (including phenoxy) is 2. The fourth-order valence-corrected chi connectivity index (χ4v) is 2.66. The molecule has 1 aromatic heterocycles. The molecule has 2 N–H and O–H groups in total. The Bertz CT molecular complexity index is 893. The van der Waals surface area contributed by atoms with Crippen molar-refractivity contribution >= 4 is 16.9 Å². The lowest BCUT2D eigenvalue weighted by Crippen LogP contribution is -2.26. The van der Waals surface area contributed by atoms with Gasteiger partial charge in [-0.1, -0.05) is 0 Å². The smallest absolute Gasteiger partial charge is 0.220 e. The van der Waals surface area contributed by atoms with E-state index in [1.807, 2.05) is 24.3 Å². The van der Waals surface area contributed by atoms with Crippen LogP contribution in [0.3, 0.4) is 0 Å². The Kier molecular flexibility index (Phi) is 6.25. The van der Waals surface area contributed by atoms with Gasteiger partial charge in [0.25, 0.3) is 0 Å². The Morgan fingerprint density at radius 3 is 2.74 bits per heavy atom. The molecule has 0 fully saturated rings. The summed E-state index contributed by atoms with van der Waals surface area (Å²) in [6.07, 6.45) is 1.58. The lowest BCUT2D eigenvalue weighted by Gasteiger charge is -2.07. The summed E-state index contributed by atoms with van der Waals surface area (Å²) in [5.41, 5.74) is 1.38. The zero-order valence-corrected chi connectivity index (χ0v) is 15.1. The van der Waals surface area contributed by atoms with Crippen molar-refractivity contribution in [2.75, 3.05) is 20.3 Å². The number of benzene rings is 2. The number of carbonyl (C=O) groups excluding carboxylic acids is 1. The predicted molar refractivity (Wildman–Crippen MR) is 100 cm³/mol. The molecule has 0 spiro atoms. The van der Waals surface area contributed by atoms with Crippen LogP contribution in [0.1, 0.15) is 18.7 Å².